The van der Waals surface area contributed by atoms with Crippen LogP contribution in [-0.2, 0) is 19.6 Å². The summed E-state index contributed by atoms with van der Waals surface area (Å²) in [6.45, 7) is -0.184. The first-order valence-corrected chi connectivity index (χ1v) is 9.59. The number of esters is 1. The Morgan fingerprint density at radius 3 is 2.65 bits per heavy atom. The highest BCUT2D eigenvalue weighted by Crippen LogP contribution is 2.56. The Bertz CT molecular complexity index is 591. The maximum absolute atomic E-state index is 13.3. The lowest BCUT2D eigenvalue weighted by atomic mass is 9.59. The van der Waals surface area contributed by atoms with Gasteiger partial charge in [-0.15, -0.1) is 0 Å². The van der Waals surface area contributed by atoms with Crippen molar-refractivity contribution < 1.29 is 31.3 Å². The molecule has 0 amide bonds. The van der Waals surface area contributed by atoms with E-state index in [0.29, 0.717) is 17.8 Å². The first kappa shape index (κ1) is 17.1. The second-order valence-corrected chi connectivity index (χ2v) is 9.03. The molecule has 3 bridgehead atoms. The molecule has 132 valence electrons. The van der Waals surface area contributed by atoms with Gasteiger partial charge in [0.25, 0.3) is 0 Å². The van der Waals surface area contributed by atoms with Crippen molar-refractivity contribution >= 4 is 16.1 Å². The minimum atomic E-state index is -5.80. The molecule has 3 fully saturated rings. The zero-order valence-electron chi connectivity index (χ0n) is 12.8. The maximum Gasteiger partial charge on any atom is 0.465 e. The van der Waals surface area contributed by atoms with Crippen LogP contribution in [0.25, 0.3) is 0 Å². The van der Waals surface area contributed by atoms with Crippen molar-refractivity contribution in [3.8, 4) is 0 Å². The van der Waals surface area contributed by atoms with Crippen LogP contribution in [-0.4, -0.2) is 30.8 Å². The van der Waals surface area contributed by atoms with E-state index < -0.39 is 21.3 Å². The summed E-state index contributed by atoms with van der Waals surface area (Å²) in [5.41, 5.74) is -0.312. The fraction of sp³-hybridized carbons (Fsp3) is 0.933. The van der Waals surface area contributed by atoms with Crippen molar-refractivity contribution in [2.24, 2.45) is 23.2 Å². The van der Waals surface area contributed by atoms with Gasteiger partial charge in [-0.3, -0.25) is 4.55 Å². The number of hydrogen-bond donors (Lipinski definition) is 1. The molecule has 0 heterocycles. The van der Waals surface area contributed by atoms with Gasteiger partial charge in [-0.05, 0) is 49.9 Å². The molecule has 3 aliphatic carbocycles. The van der Waals surface area contributed by atoms with E-state index in [1.807, 2.05) is 0 Å². The monoisotopic (exact) mass is 352 g/mol. The number of carbonyl (C=O) groups is 1. The van der Waals surface area contributed by atoms with E-state index in [-0.39, 0.29) is 12.0 Å². The minimum absolute atomic E-state index is 0.184. The Morgan fingerprint density at radius 1 is 1.22 bits per heavy atom. The van der Waals surface area contributed by atoms with Gasteiger partial charge in [0.1, 0.15) is 0 Å². The molecule has 0 aromatic heterocycles. The predicted octanol–water partition coefficient (Wildman–Crippen LogP) is 3.01. The standard InChI is InChI=1S/C15H22F2O5S/c16-15(17,23(19,20)21)13(18)22-9-14-5-1-2-11-4-3-10(7-14)6-12(11)8-14/h10-12H,1-9H2,(H,19,20,21). The van der Waals surface area contributed by atoms with E-state index in [1.165, 1.54) is 12.8 Å². The van der Waals surface area contributed by atoms with Crippen LogP contribution in [0.1, 0.15) is 51.4 Å². The molecule has 3 saturated carbocycles. The second kappa shape index (κ2) is 5.65. The van der Waals surface area contributed by atoms with Gasteiger partial charge in [0, 0.05) is 5.41 Å². The highest BCUT2D eigenvalue weighted by atomic mass is 32.2. The number of alkyl halides is 2. The van der Waals surface area contributed by atoms with Crippen LogP contribution in [0.5, 0.6) is 0 Å². The van der Waals surface area contributed by atoms with E-state index in [9.17, 15) is 22.0 Å². The number of hydrogen-bond acceptors (Lipinski definition) is 4. The largest absolute Gasteiger partial charge is 0.465 e. The Labute approximate surface area is 134 Å². The van der Waals surface area contributed by atoms with Crippen LogP contribution in [0.2, 0.25) is 0 Å². The lowest BCUT2D eigenvalue weighted by molar-refractivity contribution is -0.167. The summed E-state index contributed by atoms with van der Waals surface area (Å²) in [6, 6.07) is 0. The lowest BCUT2D eigenvalue weighted by Gasteiger charge is -2.47. The summed E-state index contributed by atoms with van der Waals surface area (Å²) in [5, 5.41) is -4.90. The number of fused-ring (bicyclic) bond motifs is 2. The summed E-state index contributed by atoms with van der Waals surface area (Å²) in [7, 11) is -5.80. The van der Waals surface area contributed by atoms with Crippen LogP contribution in [0.15, 0.2) is 0 Å². The normalized spacial score (nSPS) is 37.3. The first-order chi connectivity index (χ1) is 10.6. The molecule has 0 aliphatic heterocycles. The van der Waals surface area contributed by atoms with Crippen molar-refractivity contribution in [3.63, 3.8) is 0 Å². The number of rotatable bonds is 4. The van der Waals surface area contributed by atoms with Crippen LogP contribution in [0.3, 0.4) is 0 Å². The molecule has 0 aromatic carbocycles. The van der Waals surface area contributed by atoms with E-state index in [1.54, 1.807) is 0 Å². The van der Waals surface area contributed by atoms with E-state index in [0.717, 1.165) is 38.5 Å². The zero-order valence-corrected chi connectivity index (χ0v) is 13.7. The van der Waals surface area contributed by atoms with Crippen LogP contribution >= 0.6 is 0 Å². The lowest BCUT2D eigenvalue weighted by Crippen LogP contribution is -2.44. The molecule has 4 unspecified atom stereocenters. The fourth-order valence-corrected chi connectivity index (χ4v) is 5.30. The highest BCUT2D eigenvalue weighted by molar-refractivity contribution is 7.87. The van der Waals surface area contributed by atoms with Crippen molar-refractivity contribution in [2.45, 2.75) is 56.6 Å². The molecule has 1 N–H and O–H groups in total. The molecule has 3 rings (SSSR count). The maximum atomic E-state index is 13.3. The van der Waals surface area contributed by atoms with Crippen LogP contribution in [0.4, 0.5) is 8.78 Å². The number of carbonyl (C=O) groups excluding carboxylic acids is 1. The van der Waals surface area contributed by atoms with Crippen molar-refractivity contribution in [1.82, 2.24) is 0 Å². The van der Waals surface area contributed by atoms with Crippen molar-refractivity contribution in [3.05, 3.63) is 0 Å². The Hall–Kier alpha value is -0.760. The summed E-state index contributed by atoms with van der Waals surface area (Å²) < 4.78 is 61.0. The van der Waals surface area contributed by atoms with Gasteiger partial charge in [0.2, 0.25) is 0 Å². The zero-order chi connectivity index (χ0) is 16.9. The third-order valence-electron chi connectivity index (χ3n) is 6.02. The highest BCUT2D eigenvalue weighted by Gasteiger charge is 2.55. The molecule has 3 aliphatic rings. The van der Waals surface area contributed by atoms with Crippen LogP contribution < -0.4 is 0 Å². The van der Waals surface area contributed by atoms with E-state index in [2.05, 4.69) is 4.74 Å². The number of ether oxygens (including phenoxy) is 1. The smallest absolute Gasteiger partial charge is 0.460 e. The van der Waals surface area contributed by atoms with E-state index >= 15 is 0 Å². The molecule has 4 atom stereocenters. The van der Waals surface area contributed by atoms with Crippen molar-refractivity contribution in [2.75, 3.05) is 6.61 Å². The molecule has 5 nitrogen and oxygen atoms in total. The molecule has 0 radical (unpaired) electrons. The van der Waals surface area contributed by atoms with E-state index in [4.69, 9.17) is 4.55 Å². The molecule has 23 heavy (non-hydrogen) atoms. The van der Waals surface area contributed by atoms with Gasteiger partial charge in [-0.25, -0.2) is 4.79 Å². The molecular weight excluding hydrogens is 330 g/mol. The van der Waals surface area contributed by atoms with Gasteiger partial charge in [-0.2, -0.15) is 17.2 Å². The molecular formula is C15H22F2O5S. The fourth-order valence-electron chi connectivity index (χ4n) is 5.03. The van der Waals surface area contributed by atoms with Gasteiger partial charge < -0.3 is 4.74 Å². The summed E-state index contributed by atoms with van der Waals surface area (Å²) in [4.78, 5) is 11.4. The summed E-state index contributed by atoms with van der Waals surface area (Å²) >= 11 is 0. The summed E-state index contributed by atoms with van der Waals surface area (Å²) in [5.74, 6) is -0.385. The molecule has 0 aromatic rings. The SMILES string of the molecule is O=C(OCC12CCCC3CCC(CC3C1)C2)C(F)(F)S(=O)(=O)O. The minimum Gasteiger partial charge on any atom is -0.460 e. The Kier molecular flexibility index (Phi) is 4.20. The van der Waals surface area contributed by atoms with Crippen LogP contribution in [0, 0.1) is 23.2 Å². The molecule has 0 spiro atoms. The average Bonchev–Trinajstić information content (AvgIpc) is 2.53. The van der Waals surface area contributed by atoms with Gasteiger partial charge >= 0.3 is 21.3 Å². The van der Waals surface area contributed by atoms with Gasteiger partial charge in [0.15, 0.2) is 0 Å². The predicted molar refractivity (Wildman–Crippen MR) is 77.3 cm³/mol. The third-order valence-corrected chi connectivity index (χ3v) is 6.83. The Morgan fingerprint density at radius 2 is 1.96 bits per heavy atom. The van der Waals surface area contributed by atoms with Crippen molar-refractivity contribution in [1.29, 1.82) is 0 Å². The van der Waals surface area contributed by atoms with Gasteiger partial charge in [-0.1, -0.05) is 19.3 Å². The first-order valence-electron chi connectivity index (χ1n) is 8.15. The topological polar surface area (TPSA) is 80.7 Å². The average molecular weight is 352 g/mol. The molecule has 8 heteroatoms. The second-order valence-electron chi connectivity index (χ2n) is 7.57. The number of halogens is 2. The quantitative estimate of drug-likeness (QED) is 0.621. The molecule has 0 saturated heterocycles. The third kappa shape index (κ3) is 3.12. The Balaban J connectivity index is 1.71. The van der Waals surface area contributed by atoms with Gasteiger partial charge in [0.05, 0.1) is 6.61 Å². The summed E-state index contributed by atoms with van der Waals surface area (Å²) in [6.07, 6.45) is 8.18.